The van der Waals surface area contributed by atoms with E-state index in [2.05, 4.69) is 19.9 Å². The maximum atomic E-state index is 13.2. The molecule has 2 aromatic heterocycles. The summed E-state index contributed by atoms with van der Waals surface area (Å²) >= 11 is 0. The van der Waals surface area contributed by atoms with Gasteiger partial charge in [-0.3, -0.25) is 0 Å². The van der Waals surface area contributed by atoms with Gasteiger partial charge in [-0.15, -0.1) is 0 Å². The summed E-state index contributed by atoms with van der Waals surface area (Å²) in [5, 5.41) is 0.366. The van der Waals surface area contributed by atoms with Crippen molar-refractivity contribution in [1.82, 2.24) is 19.3 Å². The zero-order valence-electron chi connectivity index (χ0n) is 21.2. The van der Waals surface area contributed by atoms with Crippen LogP contribution in [0.25, 0.3) is 11.0 Å². The topological polar surface area (TPSA) is 116 Å². The van der Waals surface area contributed by atoms with Crippen LogP contribution in [0, 0.1) is 5.92 Å². The van der Waals surface area contributed by atoms with Gasteiger partial charge in [-0.25, -0.2) is 31.1 Å². The molecule has 2 aliphatic rings. The highest BCUT2D eigenvalue weighted by Crippen LogP contribution is 2.33. The SMILES string of the molecule is CN(c1ncnc2[nH]ccc12)C1CCC(CS(=O)(=O)N2CCC(S(=O)(=O)CCc3ccccc3)C2)CC1. The van der Waals surface area contributed by atoms with E-state index in [0.29, 0.717) is 12.8 Å². The Hall–Kier alpha value is -2.50. The molecule has 1 unspecified atom stereocenters. The Morgan fingerprint density at radius 3 is 2.51 bits per heavy atom. The predicted octanol–water partition coefficient (Wildman–Crippen LogP) is 3.01. The lowest BCUT2D eigenvalue weighted by atomic mass is 9.86. The smallest absolute Gasteiger partial charge is 0.214 e. The van der Waals surface area contributed by atoms with E-state index in [0.717, 1.165) is 48.1 Å². The Kier molecular flexibility index (Phi) is 7.56. The minimum Gasteiger partial charge on any atom is -0.356 e. The van der Waals surface area contributed by atoms with E-state index in [1.54, 1.807) is 6.33 Å². The van der Waals surface area contributed by atoms with Gasteiger partial charge >= 0.3 is 0 Å². The van der Waals surface area contributed by atoms with Crippen molar-refractivity contribution in [1.29, 1.82) is 0 Å². The Bertz CT molecular complexity index is 1420. The van der Waals surface area contributed by atoms with Crippen molar-refractivity contribution in [3.8, 4) is 0 Å². The number of rotatable bonds is 9. The van der Waals surface area contributed by atoms with Gasteiger partial charge in [-0.05, 0) is 56.1 Å². The van der Waals surface area contributed by atoms with Gasteiger partial charge in [0.1, 0.15) is 17.8 Å². The molecule has 11 heteroatoms. The molecule has 1 aliphatic carbocycles. The van der Waals surface area contributed by atoms with Crippen LogP contribution in [0.2, 0.25) is 0 Å². The van der Waals surface area contributed by atoms with Crippen LogP contribution < -0.4 is 4.90 Å². The molecule has 3 heterocycles. The number of sulfonamides is 1. The molecule has 0 bridgehead atoms. The maximum Gasteiger partial charge on any atom is 0.214 e. The minimum absolute atomic E-state index is 0.0501. The lowest BCUT2D eigenvalue weighted by Crippen LogP contribution is -2.39. The summed E-state index contributed by atoms with van der Waals surface area (Å²) in [6.45, 7) is 0.369. The number of H-pyrrole nitrogens is 1. The first-order valence-corrected chi connectivity index (χ1v) is 16.3. The number of aromatic amines is 1. The van der Waals surface area contributed by atoms with E-state index >= 15 is 0 Å². The molecule has 1 saturated carbocycles. The van der Waals surface area contributed by atoms with Gasteiger partial charge in [-0.2, -0.15) is 0 Å². The van der Waals surface area contributed by atoms with Gasteiger partial charge in [0.25, 0.3) is 0 Å². The molecule has 9 nitrogen and oxygen atoms in total. The van der Waals surface area contributed by atoms with Crippen LogP contribution >= 0.6 is 0 Å². The summed E-state index contributed by atoms with van der Waals surface area (Å²) in [5.41, 5.74) is 1.79. The predicted molar refractivity (Wildman–Crippen MR) is 146 cm³/mol. The Morgan fingerprint density at radius 1 is 1.00 bits per heavy atom. The fourth-order valence-electron chi connectivity index (χ4n) is 5.73. The Balaban J connectivity index is 1.13. The minimum atomic E-state index is -3.50. The molecule has 3 aromatic rings. The first-order chi connectivity index (χ1) is 17.7. The summed E-state index contributed by atoms with van der Waals surface area (Å²) in [6, 6.07) is 11.8. The van der Waals surface area contributed by atoms with Gasteiger partial charge in [0.15, 0.2) is 9.84 Å². The van der Waals surface area contributed by atoms with E-state index in [1.807, 2.05) is 49.6 Å². The van der Waals surface area contributed by atoms with Crippen LogP contribution in [-0.4, -0.2) is 79.0 Å². The van der Waals surface area contributed by atoms with E-state index in [1.165, 1.54) is 4.31 Å². The largest absolute Gasteiger partial charge is 0.356 e. The molecular weight excluding hydrogens is 510 g/mol. The highest BCUT2D eigenvalue weighted by Gasteiger charge is 2.39. The first kappa shape index (κ1) is 26.1. The lowest BCUT2D eigenvalue weighted by Gasteiger charge is -2.35. The van der Waals surface area contributed by atoms with Crippen molar-refractivity contribution >= 4 is 36.7 Å². The Morgan fingerprint density at radius 2 is 1.76 bits per heavy atom. The average molecular weight is 546 g/mol. The highest BCUT2D eigenvalue weighted by atomic mass is 32.2. The molecule has 1 aromatic carbocycles. The third-order valence-corrected chi connectivity index (χ3v) is 12.2. The van der Waals surface area contributed by atoms with Crippen molar-refractivity contribution < 1.29 is 16.8 Å². The second-order valence-electron chi connectivity index (χ2n) is 10.4. The summed E-state index contributed by atoms with van der Waals surface area (Å²) < 4.78 is 53.7. The summed E-state index contributed by atoms with van der Waals surface area (Å²) in [4.78, 5) is 14.1. The molecular formula is C26H35N5O4S2. The number of nitrogens with zero attached hydrogens (tertiary/aromatic N) is 4. The lowest BCUT2D eigenvalue weighted by molar-refractivity contribution is 0.336. The number of hydrogen-bond acceptors (Lipinski definition) is 7. The maximum absolute atomic E-state index is 13.2. The van der Waals surface area contributed by atoms with Crippen LogP contribution in [0.4, 0.5) is 5.82 Å². The van der Waals surface area contributed by atoms with Crippen molar-refractivity contribution in [2.75, 3.05) is 36.5 Å². The van der Waals surface area contributed by atoms with E-state index in [-0.39, 0.29) is 36.6 Å². The number of hydrogen-bond donors (Lipinski definition) is 1. The van der Waals surface area contributed by atoms with E-state index in [4.69, 9.17) is 0 Å². The number of anilines is 1. The summed E-state index contributed by atoms with van der Waals surface area (Å²) in [7, 11) is -4.82. The Labute approximate surface area is 219 Å². The van der Waals surface area contributed by atoms with Crippen LogP contribution in [0.3, 0.4) is 0 Å². The summed E-state index contributed by atoms with van der Waals surface area (Å²) in [5.74, 6) is 1.12. The van der Waals surface area contributed by atoms with Gasteiger partial charge in [-0.1, -0.05) is 30.3 Å². The van der Waals surface area contributed by atoms with Crippen LogP contribution in [0.5, 0.6) is 0 Å². The molecule has 2 fully saturated rings. The van der Waals surface area contributed by atoms with Crippen LogP contribution in [-0.2, 0) is 26.3 Å². The molecule has 1 aliphatic heterocycles. The fourth-order valence-corrected chi connectivity index (χ4v) is 9.48. The second-order valence-corrected chi connectivity index (χ2v) is 14.8. The zero-order chi connectivity index (χ0) is 26.0. The molecule has 37 heavy (non-hydrogen) atoms. The molecule has 0 amide bonds. The zero-order valence-corrected chi connectivity index (χ0v) is 22.8. The standard InChI is InChI=1S/C26H35N5O4S2/c1-30(26-24-11-14-27-25(24)28-19-29-26)22-9-7-21(8-10-22)18-37(34,35)31-15-12-23(17-31)36(32,33)16-13-20-5-3-2-4-6-20/h2-6,11,14,19,21-23H,7-10,12-13,15-18H2,1H3,(H,27,28,29). The average Bonchev–Trinajstić information content (AvgIpc) is 3.59. The highest BCUT2D eigenvalue weighted by molar-refractivity contribution is 7.92. The first-order valence-electron chi connectivity index (χ1n) is 13.0. The van der Waals surface area contributed by atoms with Gasteiger partial charge < -0.3 is 9.88 Å². The molecule has 1 N–H and O–H groups in total. The third-order valence-electron chi connectivity index (χ3n) is 8.00. The van der Waals surface area contributed by atoms with Gasteiger partial charge in [0.05, 0.1) is 22.1 Å². The number of fused-ring (bicyclic) bond motifs is 1. The van der Waals surface area contributed by atoms with Crippen molar-refractivity contribution in [2.24, 2.45) is 5.92 Å². The molecule has 0 radical (unpaired) electrons. The van der Waals surface area contributed by atoms with Crippen molar-refractivity contribution in [2.45, 2.75) is 49.8 Å². The fraction of sp³-hybridized carbons (Fsp3) is 0.538. The van der Waals surface area contributed by atoms with Gasteiger partial charge in [0, 0.05) is 32.4 Å². The summed E-state index contributed by atoms with van der Waals surface area (Å²) in [6.07, 6.45) is 7.68. The number of nitrogens with one attached hydrogen (secondary N) is 1. The van der Waals surface area contributed by atoms with Crippen LogP contribution in [0.1, 0.15) is 37.7 Å². The molecule has 5 rings (SSSR count). The molecule has 1 saturated heterocycles. The second kappa shape index (κ2) is 10.7. The van der Waals surface area contributed by atoms with Crippen molar-refractivity contribution in [3.05, 3.63) is 54.5 Å². The van der Waals surface area contributed by atoms with E-state index in [9.17, 15) is 16.8 Å². The molecule has 0 spiro atoms. The monoisotopic (exact) mass is 545 g/mol. The normalized spacial score (nSPS) is 23.4. The van der Waals surface area contributed by atoms with Crippen molar-refractivity contribution in [3.63, 3.8) is 0 Å². The molecule has 200 valence electrons. The third kappa shape index (κ3) is 5.83. The van der Waals surface area contributed by atoms with Gasteiger partial charge in [0.2, 0.25) is 10.0 Å². The number of aromatic nitrogens is 3. The van der Waals surface area contributed by atoms with Crippen LogP contribution in [0.15, 0.2) is 48.9 Å². The number of benzene rings is 1. The quantitative estimate of drug-likeness (QED) is 0.439. The molecule has 1 atom stereocenters. The van der Waals surface area contributed by atoms with E-state index < -0.39 is 25.1 Å². The number of sulfone groups is 1. The number of aryl methyl sites for hydroxylation is 1.